The fourth-order valence-corrected chi connectivity index (χ4v) is 1.20. The predicted molar refractivity (Wildman–Crippen MR) is 54.4 cm³/mol. The maximum atomic E-state index is 9.91. The molecule has 0 amide bonds. The van der Waals surface area contributed by atoms with Gasteiger partial charge in [-0.05, 0) is 11.5 Å². The van der Waals surface area contributed by atoms with Crippen molar-refractivity contribution in [3.63, 3.8) is 0 Å². The van der Waals surface area contributed by atoms with E-state index in [1.165, 1.54) is 0 Å². The van der Waals surface area contributed by atoms with Crippen LogP contribution in [0.15, 0.2) is 30.3 Å². The summed E-state index contributed by atoms with van der Waals surface area (Å²) in [4.78, 5) is 9.23. The van der Waals surface area contributed by atoms with E-state index >= 15 is 0 Å². The second-order valence-corrected chi connectivity index (χ2v) is 3.15. The molecule has 1 aromatic carbocycles. The third kappa shape index (κ3) is 3.46. The van der Waals surface area contributed by atoms with Gasteiger partial charge in [0.15, 0.2) is 0 Å². The predicted octanol–water partition coefficient (Wildman–Crippen LogP) is 2.59. The van der Waals surface area contributed by atoms with Gasteiger partial charge in [0.1, 0.15) is 4.92 Å². The zero-order valence-electron chi connectivity index (χ0n) is 7.31. The Morgan fingerprint density at radius 2 is 2.07 bits per heavy atom. The van der Waals surface area contributed by atoms with E-state index in [2.05, 4.69) is 5.92 Å². The number of nitro groups is 1. The largest absolute Gasteiger partial charge is 0.290 e. The molecule has 1 rings (SSSR count). The monoisotopic (exact) mass is 209 g/mol. The zero-order valence-corrected chi connectivity index (χ0v) is 8.07. The molecule has 4 heteroatoms. The van der Waals surface area contributed by atoms with Crippen LogP contribution in [-0.2, 0) is 0 Å². The van der Waals surface area contributed by atoms with Crippen LogP contribution in [0.1, 0.15) is 17.4 Å². The van der Waals surface area contributed by atoms with Crippen molar-refractivity contribution in [1.29, 1.82) is 0 Å². The van der Waals surface area contributed by atoms with Crippen LogP contribution in [0.2, 0.25) is 0 Å². The zero-order chi connectivity index (χ0) is 10.4. The van der Waals surface area contributed by atoms with E-state index in [1.807, 2.05) is 36.4 Å². The third-order valence-electron chi connectivity index (χ3n) is 1.61. The molecule has 0 aliphatic heterocycles. The molecule has 0 aliphatic rings. The smallest absolute Gasteiger partial charge is 0.249 e. The standard InChI is InChI=1S/C10H8ClNO2/c11-10(7-4-8-12(13)14)9-5-2-1-3-6-9/h1-3,5-6,10H,7H2. The highest BCUT2D eigenvalue weighted by Crippen LogP contribution is 2.22. The first-order valence-electron chi connectivity index (χ1n) is 4.02. The molecule has 14 heavy (non-hydrogen) atoms. The van der Waals surface area contributed by atoms with Crippen molar-refractivity contribution < 1.29 is 4.92 Å². The van der Waals surface area contributed by atoms with Crippen LogP contribution in [0, 0.1) is 22.1 Å². The minimum atomic E-state index is -0.672. The summed E-state index contributed by atoms with van der Waals surface area (Å²) in [6.07, 6.45) is 0.284. The number of hydrogen-bond acceptors (Lipinski definition) is 2. The van der Waals surface area contributed by atoms with Gasteiger partial charge in [-0.15, -0.1) is 11.6 Å². The number of benzene rings is 1. The molecule has 72 valence electrons. The lowest BCUT2D eigenvalue weighted by Crippen LogP contribution is -1.89. The Balaban J connectivity index is 2.57. The van der Waals surface area contributed by atoms with Crippen LogP contribution in [0.25, 0.3) is 0 Å². The summed E-state index contributed by atoms with van der Waals surface area (Å²) >= 11 is 5.96. The summed E-state index contributed by atoms with van der Waals surface area (Å²) in [6.45, 7) is 0. The molecule has 0 spiro atoms. The summed E-state index contributed by atoms with van der Waals surface area (Å²) < 4.78 is 0. The molecule has 3 nitrogen and oxygen atoms in total. The van der Waals surface area contributed by atoms with Crippen LogP contribution in [0.4, 0.5) is 0 Å². The lowest BCUT2D eigenvalue weighted by atomic mass is 10.1. The molecular weight excluding hydrogens is 202 g/mol. The normalized spacial score (nSPS) is 11.2. The van der Waals surface area contributed by atoms with E-state index < -0.39 is 4.92 Å². The van der Waals surface area contributed by atoms with Gasteiger partial charge in [-0.25, -0.2) is 10.1 Å². The Kier molecular flexibility index (Phi) is 3.96. The van der Waals surface area contributed by atoms with Gasteiger partial charge < -0.3 is 0 Å². The minimum absolute atomic E-state index is 0.284. The van der Waals surface area contributed by atoms with Gasteiger partial charge in [-0.1, -0.05) is 30.3 Å². The van der Waals surface area contributed by atoms with Crippen molar-refractivity contribution in [2.75, 3.05) is 0 Å². The number of hydrogen-bond donors (Lipinski definition) is 0. The van der Waals surface area contributed by atoms with Crippen LogP contribution in [0.5, 0.6) is 0 Å². The van der Waals surface area contributed by atoms with Crippen molar-refractivity contribution in [3.8, 4) is 12.0 Å². The molecule has 0 saturated heterocycles. The van der Waals surface area contributed by atoms with E-state index in [1.54, 1.807) is 0 Å². The summed E-state index contributed by atoms with van der Waals surface area (Å²) in [6, 6.07) is 11.2. The van der Waals surface area contributed by atoms with Crippen LogP contribution < -0.4 is 0 Å². The third-order valence-corrected chi connectivity index (χ3v) is 2.02. The van der Waals surface area contributed by atoms with E-state index in [0.29, 0.717) is 0 Å². The highest BCUT2D eigenvalue weighted by atomic mass is 35.5. The molecule has 1 atom stereocenters. The van der Waals surface area contributed by atoms with E-state index in [4.69, 9.17) is 11.6 Å². The molecule has 0 bridgehead atoms. The van der Waals surface area contributed by atoms with Gasteiger partial charge >= 0.3 is 0 Å². The van der Waals surface area contributed by atoms with E-state index in [9.17, 15) is 10.1 Å². The summed E-state index contributed by atoms with van der Waals surface area (Å²) in [5.41, 5.74) is 0.923. The molecule has 0 heterocycles. The van der Waals surface area contributed by atoms with Crippen molar-refractivity contribution >= 4 is 11.6 Å². The van der Waals surface area contributed by atoms with Gasteiger partial charge in [0.25, 0.3) is 6.04 Å². The maximum Gasteiger partial charge on any atom is 0.290 e. The fourth-order valence-electron chi connectivity index (χ4n) is 0.980. The highest BCUT2D eigenvalue weighted by molar-refractivity contribution is 6.20. The molecule has 0 saturated carbocycles. The first-order chi connectivity index (χ1) is 6.70. The van der Waals surface area contributed by atoms with Crippen molar-refractivity contribution in [1.82, 2.24) is 0 Å². The van der Waals surface area contributed by atoms with E-state index in [0.717, 1.165) is 5.56 Å². The Morgan fingerprint density at radius 3 is 2.64 bits per heavy atom. The lowest BCUT2D eigenvalue weighted by Gasteiger charge is -2.03. The van der Waals surface area contributed by atoms with Gasteiger partial charge in [-0.2, -0.15) is 0 Å². The average molecular weight is 210 g/mol. The van der Waals surface area contributed by atoms with Gasteiger partial charge in [-0.3, -0.25) is 0 Å². The number of nitrogens with zero attached hydrogens (tertiary/aromatic N) is 1. The van der Waals surface area contributed by atoms with Gasteiger partial charge in [0.05, 0.1) is 5.38 Å². The van der Waals surface area contributed by atoms with Crippen molar-refractivity contribution in [2.45, 2.75) is 11.8 Å². The molecule has 0 N–H and O–H groups in total. The second-order valence-electron chi connectivity index (χ2n) is 2.63. The Bertz CT molecular complexity index is 367. The minimum Gasteiger partial charge on any atom is -0.249 e. The molecule has 0 aromatic heterocycles. The quantitative estimate of drug-likeness (QED) is 0.247. The van der Waals surface area contributed by atoms with Crippen LogP contribution in [-0.4, -0.2) is 4.92 Å². The average Bonchev–Trinajstić information content (AvgIpc) is 2.18. The Hall–Kier alpha value is -1.53. The van der Waals surface area contributed by atoms with E-state index in [-0.39, 0.29) is 11.8 Å². The van der Waals surface area contributed by atoms with Crippen LogP contribution >= 0.6 is 11.6 Å². The highest BCUT2D eigenvalue weighted by Gasteiger charge is 2.04. The van der Waals surface area contributed by atoms with Gasteiger partial charge in [0, 0.05) is 6.42 Å². The molecule has 0 aliphatic carbocycles. The molecule has 1 aromatic rings. The van der Waals surface area contributed by atoms with Crippen molar-refractivity contribution in [2.24, 2.45) is 0 Å². The summed E-state index contributed by atoms with van der Waals surface area (Å²) in [7, 11) is 0. The number of rotatable bonds is 2. The molecule has 0 radical (unpaired) electrons. The SMILES string of the molecule is O=[N+]([O-])C#CCC(Cl)c1ccccc1. The number of alkyl halides is 1. The second kappa shape index (κ2) is 5.25. The lowest BCUT2D eigenvalue weighted by molar-refractivity contribution is -0.379. The maximum absolute atomic E-state index is 9.91. The molecule has 1 unspecified atom stereocenters. The Morgan fingerprint density at radius 1 is 1.43 bits per heavy atom. The van der Waals surface area contributed by atoms with Crippen LogP contribution in [0.3, 0.4) is 0 Å². The first kappa shape index (κ1) is 10.6. The summed E-state index contributed by atoms with van der Waals surface area (Å²) in [5, 5.41) is 9.62. The van der Waals surface area contributed by atoms with Gasteiger partial charge in [0.2, 0.25) is 0 Å². The molecular formula is C10H8ClNO2. The summed E-state index contributed by atoms with van der Waals surface area (Å²) in [5.74, 6) is 2.40. The molecule has 0 fully saturated rings. The fraction of sp³-hybridized carbons (Fsp3) is 0.200. The first-order valence-corrected chi connectivity index (χ1v) is 4.45. The van der Waals surface area contributed by atoms with Crippen molar-refractivity contribution in [3.05, 3.63) is 46.0 Å². The number of halogens is 1. The Labute approximate surface area is 86.8 Å². The topological polar surface area (TPSA) is 43.1 Å².